The van der Waals surface area contributed by atoms with E-state index < -0.39 is 0 Å². The molecule has 1 aromatic rings. The lowest BCUT2D eigenvalue weighted by molar-refractivity contribution is 0.143. The highest BCUT2D eigenvalue weighted by atomic mass is 16.5. The third-order valence-corrected chi connectivity index (χ3v) is 2.01. The van der Waals surface area contributed by atoms with Crippen molar-refractivity contribution in [1.29, 1.82) is 5.26 Å². The molecule has 72 valence electrons. The fraction of sp³-hybridized carbons (Fsp3) is 0.250. The van der Waals surface area contributed by atoms with Crippen molar-refractivity contribution < 1.29 is 4.74 Å². The van der Waals surface area contributed by atoms with Gasteiger partial charge in [0.05, 0.1) is 6.07 Å². The number of hydrogen-bond donors (Lipinski definition) is 0. The van der Waals surface area contributed by atoms with Crippen LogP contribution < -0.4 is 0 Å². The van der Waals surface area contributed by atoms with Crippen LogP contribution in [0.15, 0.2) is 36.4 Å². The lowest BCUT2D eigenvalue weighted by Gasteiger charge is -2.10. The maximum absolute atomic E-state index is 8.41. The van der Waals surface area contributed by atoms with E-state index in [1.54, 1.807) is 13.2 Å². The zero-order valence-corrected chi connectivity index (χ0v) is 8.40. The molecule has 0 aliphatic heterocycles. The molecule has 2 heteroatoms. The van der Waals surface area contributed by atoms with Crippen LogP contribution in [0.1, 0.15) is 17.2 Å². The first-order chi connectivity index (χ1) is 6.77. The number of rotatable bonds is 3. The second-order valence-corrected chi connectivity index (χ2v) is 3.06. The summed E-state index contributed by atoms with van der Waals surface area (Å²) in [7, 11) is 1.63. The molecule has 0 fully saturated rings. The summed E-state index contributed by atoms with van der Waals surface area (Å²) in [5.74, 6) is 0. The number of hydrogen-bond acceptors (Lipinski definition) is 2. The number of nitriles is 1. The van der Waals surface area contributed by atoms with Crippen LogP contribution in [-0.4, -0.2) is 7.11 Å². The normalized spacial score (nSPS) is 12.6. The van der Waals surface area contributed by atoms with E-state index in [2.05, 4.69) is 0 Å². The standard InChI is InChI=1S/C12H13NO/c1-10-5-7-11(8-6-10)12(14-2)4-3-9-13/h3-8,12H,1-2H3. The molecule has 0 aliphatic carbocycles. The molecule has 0 saturated heterocycles. The van der Waals surface area contributed by atoms with E-state index in [1.165, 1.54) is 11.6 Å². The van der Waals surface area contributed by atoms with Crippen LogP contribution in [-0.2, 0) is 4.74 Å². The van der Waals surface area contributed by atoms with Gasteiger partial charge in [0.25, 0.3) is 0 Å². The largest absolute Gasteiger partial charge is 0.373 e. The summed E-state index contributed by atoms with van der Waals surface area (Å²) in [5.41, 5.74) is 2.28. The van der Waals surface area contributed by atoms with Gasteiger partial charge in [-0.25, -0.2) is 0 Å². The van der Waals surface area contributed by atoms with E-state index in [-0.39, 0.29) is 6.10 Å². The first-order valence-corrected chi connectivity index (χ1v) is 4.43. The second-order valence-electron chi connectivity index (χ2n) is 3.06. The summed E-state index contributed by atoms with van der Waals surface area (Å²) in [5, 5.41) is 8.41. The molecule has 0 saturated carbocycles. The van der Waals surface area contributed by atoms with Gasteiger partial charge in [0.2, 0.25) is 0 Å². The maximum Gasteiger partial charge on any atom is 0.101 e. The Bertz CT molecular complexity index is 346. The Balaban J connectivity index is 2.85. The van der Waals surface area contributed by atoms with Gasteiger partial charge in [-0.1, -0.05) is 29.8 Å². The summed E-state index contributed by atoms with van der Waals surface area (Å²) >= 11 is 0. The van der Waals surface area contributed by atoms with Crippen molar-refractivity contribution in [3.8, 4) is 6.07 Å². The van der Waals surface area contributed by atoms with E-state index in [4.69, 9.17) is 10.00 Å². The van der Waals surface area contributed by atoms with Gasteiger partial charge in [0.15, 0.2) is 0 Å². The fourth-order valence-corrected chi connectivity index (χ4v) is 1.21. The molecule has 0 aliphatic rings. The highest BCUT2D eigenvalue weighted by Gasteiger charge is 2.04. The van der Waals surface area contributed by atoms with Crippen molar-refractivity contribution >= 4 is 0 Å². The third-order valence-electron chi connectivity index (χ3n) is 2.01. The first-order valence-electron chi connectivity index (χ1n) is 4.43. The quantitative estimate of drug-likeness (QED) is 0.681. The summed E-state index contributed by atoms with van der Waals surface area (Å²) < 4.78 is 5.24. The molecule has 0 aromatic heterocycles. The molecule has 1 unspecified atom stereocenters. The van der Waals surface area contributed by atoms with Crippen LogP contribution in [0, 0.1) is 18.3 Å². The van der Waals surface area contributed by atoms with E-state index in [0.717, 1.165) is 5.56 Å². The molecule has 1 aromatic carbocycles. The van der Waals surface area contributed by atoms with E-state index in [1.807, 2.05) is 37.3 Å². The van der Waals surface area contributed by atoms with Crippen molar-refractivity contribution in [2.24, 2.45) is 0 Å². The molecule has 0 bridgehead atoms. The first kappa shape index (κ1) is 10.5. The highest BCUT2D eigenvalue weighted by Crippen LogP contribution is 2.18. The van der Waals surface area contributed by atoms with E-state index >= 15 is 0 Å². The third kappa shape index (κ3) is 2.72. The average Bonchev–Trinajstić information content (AvgIpc) is 2.21. The SMILES string of the molecule is COC(C=CC#N)c1ccc(C)cc1. The Morgan fingerprint density at radius 3 is 2.50 bits per heavy atom. The van der Waals surface area contributed by atoms with Crippen molar-refractivity contribution in [3.05, 3.63) is 47.5 Å². The van der Waals surface area contributed by atoms with Crippen LogP contribution in [0.5, 0.6) is 0 Å². The molecular weight excluding hydrogens is 174 g/mol. The highest BCUT2D eigenvalue weighted by molar-refractivity contribution is 5.26. The minimum Gasteiger partial charge on any atom is -0.373 e. The number of nitrogens with zero attached hydrogens (tertiary/aromatic N) is 1. The molecular formula is C12H13NO. The van der Waals surface area contributed by atoms with Gasteiger partial charge < -0.3 is 4.74 Å². The zero-order valence-electron chi connectivity index (χ0n) is 8.40. The summed E-state index contributed by atoms with van der Waals surface area (Å²) in [6.07, 6.45) is 3.05. The number of aryl methyl sites for hydroxylation is 1. The van der Waals surface area contributed by atoms with Crippen LogP contribution in [0.25, 0.3) is 0 Å². The Morgan fingerprint density at radius 2 is 2.00 bits per heavy atom. The Hall–Kier alpha value is -1.59. The Labute approximate surface area is 84.4 Å². The van der Waals surface area contributed by atoms with Gasteiger partial charge >= 0.3 is 0 Å². The molecule has 0 radical (unpaired) electrons. The lowest BCUT2D eigenvalue weighted by Crippen LogP contribution is -1.97. The van der Waals surface area contributed by atoms with Crippen LogP contribution >= 0.6 is 0 Å². The number of benzene rings is 1. The molecule has 0 amide bonds. The van der Waals surface area contributed by atoms with Crippen molar-refractivity contribution in [2.45, 2.75) is 13.0 Å². The molecule has 0 heterocycles. The predicted molar refractivity (Wildman–Crippen MR) is 55.7 cm³/mol. The Morgan fingerprint density at radius 1 is 1.36 bits per heavy atom. The van der Waals surface area contributed by atoms with Crippen molar-refractivity contribution in [2.75, 3.05) is 7.11 Å². The minimum absolute atomic E-state index is 0.129. The van der Waals surface area contributed by atoms with E-state index in [0.29, 0.717) is 0 Å². The van der Waals surface area contributed by atoms with Crippen LogP contribution in [0.3, 0.4) is 0 Å². The summed E-state index contributed by atoms with van der Waals surface area (Å²) in [6, 6.07) is 10.0. The van der Waals surface area contributed by atoms with Gasteiger partial charge in [0.1, 0.15) is 6.10 Å². The second kappa shape index (κ2) is 5.21. The number of allylic oxidation sites excluding steroid dienone is 1. The Kier molecular flexibility index (Phi) is 3.90. The lowest BCUT2D eigenvalue weighted by atomic mass is 10.1. The minimum atomic E-state index is -0.129. The van der Waals surface area contributed by atoms with Gasteiger partial charge in [0, 0.05) is 13.2 Å². The summed E-state index contributed by atoms with van der Waals surface area (Å²) in [6.45, 7) is 2.04. The van der Waals surface area contributed by atoms with Gasteiger partial charge in [-0.05, 0) is 18.6 Å². The molecule has 0 spiro atoms. The molecule has 0 N–H and O–H groups in total. The van der Waals surface area contributed by atoms with Crippen molar-refractivity contribution in [3.63, 3.8) is 0 Å². The topological polar surface area (TPSA) is 33.0 Å². The van der Waals surface area contributed by atoms with Crippen LogP contribution in [0.2, 0.25) is 0 Å². The van der Waals surface area contributed by atoms with Gasteiger partial charge in [-0.3, -0.25) is 0 Å². The monoisotopic (exact) mass is 187 g/mol. The average molecular weight is 187 g/mol. The smallest absolute Gasteiger partial charge is 0.101 e. The molecule has 1 atom stereocenters. The van der Waals surface area contributed by atoms with Crippen LogP contribution in [0.4, 0.5) is 0 Å². The van der Waals surface area contributed by atoms with Gasteiger partial charge in [-0.2, -0.15) is 5.26 Å². The summed E-state index contributed by atoms with van der Waals surface area (Å²) in [4.78, 5) is 0. The maximum atomic E-state index is 8.41. The van der Waals surface area contributed by atoms with Gasteiger partial charge in [-0.15, -0.1) is 0 Å². The predicted octanol–water partition coefficient (Wildman–Crippen LogP) is 2.76. The van der Waals surface area contributed by atoms with Crippen molar-refractivity contribution in [1.82, 2.24) is 0 Å². The van der Waals surface area contributed by atoms with E-state index in [9.17, 15) is 0 Å². The molecule has 1 rings (SSSR count). The fourth-order valence-electron chi connectivity index (χ4n) is 1.21. The molecule has 2 nitrogen and oxygen atoms in total. The zero-order chi connectivity index (χ0) is 10.4. The number of methoxy groups -OCH3 is 1. The molecule has 14 heavy (non-hydrogen) atoms. The number of ether oxygens (including phenoxy) is 1.